The van der Waals surface area contributed by atoms with Gasteiger partial charge < -0.3 is 0 Å². The Balaban J connectivity index is 1.34. The molecule has 0 fully saturated rings. The smallest absolute Gasteiger partial charge is 0.164 e. The molecule has 0 spiro atoms. The van der Waals surface area contributed by atoms with Crippen molar-refractivity contribution in [3.63, 3.8) is 0 Å². The van der Waals surface area contributed by atoms with E-state index in [1.54, 1.807) is 0 Å². The van der Waals surface area contributed by atoms with Crippen molar-refractivity contribution in [2.24, 2.45) is 11.8 Å². The second-order valence-corrected chi connectivity index (χ2v) is 15.8. The van der Waals surface area contributed by atoms with Crippen molar-refractivity contribution in [3.05, 3.63) is 205 Å². The molecule has 3 heteroatoms. The van der Waals surface area contributed by atoms with Crippen molar-refractivity contribution in [2.45, 2.75) is 48.0 Å². The predicted molar refractivity (Wildman–Crippen MR) is 253 cm³/mol. The lowest BCUT2D eigenvalue weighted by atomic mass is 9.90. The first-order valence-corrected chi connectivity index (χ1v) is 20.7. The van der Waals surface area contributed by atoms with E-state index in [0.717, 1.165) is 45.4 Å². The van der Waals surface area contributed by atoms with E-state index in [1.807, 2.05) is 12.2 Å². The third-order valence-corrected chi connectivity index (χ3v) is 10.5. The summed E-state index contributed by atoms with van der Waals surface area (Å²) in [6.07, 6.45) is 20.0. The molecule has 1 aliphatic carbocycles. The summed E-state index contributed by atoms with van der Waals surface area (Å²) in [6, 6.07) is 43.8. The van der Waals surface area contributed by atoms with Crippen molar-refractivity contribution < 1.29 is 0 Å². The Morgan fingerprint density at radius 3 is 1.80 bits per heavy atom. The van der Waals surface area contributed by atoms with Gasteiger partial charge in [0.15, 0.2) is 17.5 Å². The van der Waals surface area contributed by atoms with Crippen molar-refractivity contribution >= 4 is 16.7 Å². The molecule has 0 aliphatic heterocycles. The first-order valence-electron chi connectivity index (χ1n) is 20.7. The third kappa shape index (κ3) is 9.88. The number of aromatic nitrogens is 3. The summed E-state index contributed by atoms with van der Waals surface area (Å²) in [6.45, 7) is 17.0. The molecule has 0 saturated heterocycles. The summed E-state index contributed by atoms with van der Waals surface area (Å²) in [5, 5.41) is 0. The largest absolute Gasteiger partial charge is 0.209 e. The lowest BCUT2D eigenvalue weighted by Gasteiger charge is -2.17. The van der Waals surface area contributed by atoms with E-state index >= 15 is 0 Å². The van der Waals surface area contributed by atoms with Crippen LogP contribution in [0.1, 0.15) is 65.2 Å². The molecule has 1 aromatic heterocycles. The number of rotatable bonds is 12. The van der Waals surface area contributed by atoms with Gasteiger partial charge in [-0.3, -0.25) is 0 Å². The second-order valence-electron chi connectivity index (χ2n) is 15.8. The Labute approximate surface area is 351 Å². The maximum atomic E-state index is 5.13. The molecule has 1 heterocycles. The van der Waals surface area contributed by atoms with E-state index in [0.29, 0.717) is 29.3 Å². The van der Waals surface area contributed by atoms with Gasteiger partial charge in [0.2, 0.25) is 0 Å². The molecule has 292 valence electrons. The lowest BCUT2D eigenvalue weighted by molar-refractivity contribution is 0.746. The zero-order valence-corrected chi connectivity index (χ0v) is 35.2. The average molecular weight is 768 g/mol. The zero-order chi connectivity index (χ0) is 41.3. The molecule has 0 N–H and O–H groups in total. The number of allylic oxidation sites excluding steroid dienone is 13. The number of hydrogen-bond donors (Lipinski definition) is 0. The van der Waals surface area contributed by atoms with E-state index in [9.17, 15) is 0 Å². The van der Waals surface area contributed by atoms with Gasteiger partial charge in [0.05, 0.1) is 0 Å². The SMILES string of the molecule is C=CC(=CC=C(C)C)c1nc(C2=CC=CCC2C)nc(-c2cccc(-c3cc(C(C=CC)=CC(C)C)cc(-c4cccc(-c5ccc(-c6ccccc6)cc5)c4)c3)c2)n1. The Hall–Kier alpha value is -6.71. The van der Waals surface area contributed by atoms with Crippen molar-refractivity contribution in [2.75, 3.05) is 0 Å². The first kappa shape index (κ1) is 40.5. The molecular formula is C56H53N3. The Bertz CT molecular complexity index is 2640. The monoisotopic (exact) mass is 767 g/mol. The topological polar surface area (TPSA) is 38.7 Å². The molecule has 0 amide bonds. The zero-order valence-electron chi connectivity index (χ0n) is 35.2. The van der Waals surface area contributed by atoms with Crippen LogP contribution >= 0.6 is 0 Å². The van der Waals surface area contributed by atoms with Crippen molar-refractivity contribution in [3.8, 4) is 55.9 Å². The van der Waals surface area contributed by atoms with Crippen LogP contribution in [0.2, 0.25) is 0 Å². The third-order valence-electron chi connectivity index (χ3n) is 10.5. The minimum Gasteiger partial charge on any atom is -0.209 e. The number of benzene rings is 5. The lowest BCUT2D eigenvalue weighted by Crippen LogP contribution is -2.09. The summed E-state index contributed by atoms with van der Waals surface area (Å²) in [4.78, 5) is 15.2. The van der Waals surface area contributed by atoms with Crippen LogP contribution in [0.3, 0.4) is 0 Å². The van der Waals surface area contributed by atoms with Crippen LogP contribution in [0.5, 0.6) is 0 Å². The van der Waals surface area contributed by atoms with Gasteiger partial charge >= 0.3 is 0 Å². The summed E-state index contributed by atoms with van der Waals surface area (Å²) in [5.41, 5.74) is 15.8. The normalized spacial score (nSPS) is 14.4. The number of nitrogens with zero attached hydrogens (tertiary/aromatic N) is 3. The van der Waals surface area contributed by atoms with E-state index in [1.165, 1.54) is 39.0 Å². The van der Waals surface area contributed by atoms with Crippen LogP contribution in [-0.4, -0.2) is 15.0 Å². The van der Waals surface area contributed by atoms with Gasteiger partial charge in [-0.05, 0) is 125 Å². The minimum absolute atomic E-state index is 0.293. The van der Waals surface area contributed by atoms with Crippen LogP contribution in [0.4, 0.5) is 0 Å². The molecular weight excluding hydrogens is 715 g/mol. The Kier molecular flexibility index (Phi) is 12.8. The van der Waals surface area contributed by atoms with E-state index in [-0.39, 0.29) is 0 Å². The molecule has 1 aliphatic rings. The van der Waals surface area contributed by atoms with Gasteiger partial charge in [-0.25, -0.2) is 15.0 Å². The molecule has 7 rings (SSSR count). The van der Waals surface area contributed by atoms with Crippen molar-refractivity contribution in [1.29, 1.82) is 0 Å². The molecule has 5 aromatic carbocycles. The van der Waals surface area contributed by atoms with Gasteiger partial charge in [-0.15, -0.1) is 0 Å². The summed E-state index contributed by atoms with van der Waals surface area (Å²) >= 11 is 0. The molecule has 59 heavy (non-hydrogen) atoms. The van der Waals surface area contributed by atoms with Crippen LogP contribution in [0.25, 0.3) is 72.6 Å². The van der Waals surface area contributed by atoms with Crippen LogP contribution < -0.4 is 0 Å². The van der Waals surface area contributed by atoms with E-state index < -0.39 is 0 Å². The highest BCUT2D eigenvalue weighted by Gasteiger charge is 2.19. The predicted octanol–water partition coefficient (Wildman–Crippen LogP) is 15.3. The average Bonchev–Trinajstić information content (AvgIpc) is 3.26. The Morgan fingerprint density at radius 1 is 0.627 bits per heavy atom. The second kappa shape index (κ2) is 18.7. The highest BCUT2D eigenvalue weighted by molar-refractivity contribution is 5.85. The van der Waals surface area contributed by atoms with Gasteiger partial charge in [0.1, 0.15) is 0 Å². The molecule has 1 atom stereocenters. The van der Waals surface area contributed by atoms with E-state index in [2.05, 4.69) is 212 Å². The van der Waals surface area contributed by atoms with Crippen molar-refractivity contribution in [1.82, 2.24) is 15.0 Å². The maximum absolute atomic E-state index is 5.13. The van der Waals surface area contributed by atoms with Crippen LogP contribution in [0, 0.1) is 11.8 Å². The van der Waals surface area contributed by atoms with E-state index in [4.69, 9.17) is 15.0 Å². The quantitative estimate of drug-likeness (QED) is 0.116. The Morgan fingerprint density at radius 2 is 1.19 bits per heavy atom. The first-order chi connectivity index (χ1) is 28.7. The summed E-state index contributed by atoms with van der Waals surface area (Å²) < 4.78 is 0. The molecule has 3 nitrogen and oxygen atoms in total. The molecule has 0 radical (unpaired) electrons. The molecule has 0 bridgehead atoms. The molecule has 6 aromatic rings. The maximum Gasteiger partial charge on any atom is 0.164 e. The fraction of sp³-hybridized carbons (Fsp3) is 0.161. The van der Waals surface area contributed by atoms with Gasteiger partial charge in [-0.1, -0.05) is 179 Å². The fourth-order valence-corrected chi connectivity index (χ4v) is 7.41. The highest BCUT2D eigenvalue weighted by atomic mass is 15.0. The summed E-state index contributed by atoms with van der Waals surface area (Å²) in [5.74, 6) is 2.62. The molecule has 1 unspecified atom stereocenters. The molecule has 0 saturated carbocycles. The van der Waals surface area contributed by atoms with Gasteiger partial charge in [0.25, 0.3) is 0 Å². The van der Waals surface area contributed by atoms with Gasteiger partial charge in [0, 0.05) is 16.7 Å². The highest BCUT2D eigenvalue weighted by Crippen LogP contribution is 2.36. The summed E-state index contributed by atoms with van der Waals surface area (Å²) in [7, 11) is 0. The standard InChI is InChI=1S/C56H53N3/c1-8-17-45(32-39(5)6)50-35-51(47-22-15-21-46(33-47)44-30-28-43(29-31-44)42-19-11-10-12-20-42)37-52(36-50)48-23-16-24-49(34-48)55-57-54(41(9-2)27-26-38(3)4)58-56(59-55)53-25-14-13-18-40(53)7/h8-17,19-37,39-40H,2,18H2,1,3-7H3. The number of hydrogen-bond acceptors (Lipinski definition) is 3. The van der Waals surface area contributed by atoms with Crippen LogP contribution in [0.15, 0.2) is 188 Å². The fourth-order valence-electron chi connectivity index (χ4n) is 7.41. The van der Waals surface area contributed by atoms with Crippen LogP contribution in [-0.2, 0) is 0 Å². The van der Waals surface area contributed by atoms with Gasteiger partial charge in [-0.2, -0.15) is 0 Å². The minimum atomic E-state index is 0.293.